The zero-order valence-electron chi connectivity index (χ0n) is 21.5. The van der Waals surface area contributed by atoms with Gasteiger partial charge in [0.15, 0.2) is 11.0 Å². The predicted molar refractivity (Wildman–Crippen MR) is 155 cm³/mol. The third-order valence-corrected chi connectivity index (χ3v) is 6.78. The Morgan fingerprint density at radius 2 is 1.86 bits per heavy atom. The van der Waals surface area contributed by atoms with Crippen molar-refractivity contribution in [1.29, 1.82) is 0 Å². The third-order valence-electron chi connectivity index (χ3n) is 5.67. The van der Waals surface area contributed by atoms with Gasteiger partial charge in [-0.2, -0.15) is 10.1 Å². The Labute approximate surface area is 245 Å². The summed E-state index contributed by atoms with van der Waals surface area (Å²) in [5, 5.41) is 8.70. The van der Waals surface area contributed by atoms with E-state index in [2.05, 4.69) is 30.3 Å². The first-order chi connectivity index (χ1) is 20.1. The molecule has 214 valence electrons. The van der Waals surface area contributed by atoms with Crippen LogP contribution in [-0.4, -0.2) is 49.3 Å². The van der Waals surface area contributed by atoms with E-state index in [0.29, 0.717) is 17.1 Å². The molecule has 0 bridgehead atoms. The van der Waals surface area contributed by atoms with E-state index in [1.54, 1.807) is 43.3 Å². The molecule has 2 heterocycles. The van der Waals surface area contributed by atoms with Crippen molar-refractivity contribution in [2.45, 2.75) is 13.3 Å². The van der Waals surface area contributed by atoms with Crippen molar-refractivity contribution < 1.29 is 27.1 Å². The number of ether oxygens (including phenoxy) is 1. The van der Waals surface area contributed by atoms with Gasteiger partial charge in [0, 0.05) is 5.56 Å². The molecule has 0 spiro atoms. The number of amides is 1. The summed E-state index contributed by atoms with van der Waals surface area (Å²) in [6, 6.07) is 16.8. The van der Waals surface area contributed by atoms with Crippen molar-refractivity contribution in [3.05, 3.63) is 90.0 Å². The molecule has 9 nitrogen and oxygen atoms in total. The summed E-state index contributed by atoms with van der Waals surface area (Å²) in [6.07, 6.45) is -1.81. The number of rotatable bonds is 6. The summed E-state index contributed by atoms with van der Waals surface area (Å²) in [4.78, 5) is 22.1. The normalized spacial score (nSPS) is 14.6. The second kappa shape index (κ2) is 12.1. The van der Waals surface area contributed by atoms with E-state index in [9.17, 15) is 22.4 Å². The molecule has 1 N–H and O–H groups in total. The van der Waals surface area contributed by atoms with Crippen molar-refractivity contribution in [2.75, 3.05) is 10.7 Å². The first-order valence-electron chi connectivity index (χ1n) is 12.1. The van der Waals surface area contributed by atoms with Crippen LogP contribution in [0.1, 0.15) is 11.1 Å². The molecule has 1 aromatic heterocycles. The number of hydrazone groups is 1. The van der Waals surface area contributed by atoms with E-state index in [-0.39, 0.29) is 33.4 Å². The van der Waals surface area contributed by atoms with Crippen LogP contribution in [0.4, 0.5) is 23.2 Å². The van der Waals surface area contributed by atoms with Crippen LogP contribution < -0.4 is 15.1 Å². The Bertz CT molecular complexity index is 1690. The minimum Gasteiger partial charge on any atom is -0.406 e. The SMILES string of the molecule is Cc1ccc(F)c(N2C(=O)CSC2=NC(=S)N/N=C/c2ccc(-c3ncn(-c4ccc(OC(F)(F)F)cc4)n3)cc2)c1. The number of halogens is 4. The average Bonchev–Trinajstić information content (AvgIpc) is 3.57. The van der Waals surface area contributed by atoms with Crippen molar-refractivity contribution in [3.8, 4) is 22.8 Å². The van der Waals surface area contributed by atoms with Crippen LogP contribution in [0.5, 0.6) is 5.75 Å². The van der Waals surface area contributed by atoms with E-state index >= 15 is 0 Å². The largest absolute Gasteiger partial charge is 0.573 e. The maximum Gasteiger partial charge on any atom is 0.573 e. The lowest BCUT2D eigenvalue weighted by Crippen LogP contribution is -2.31. The highest BCUT2D eigenvalue weighted by Crippen LogP contribution is 2.30. The van der Waals surface area contributed by atoms with Gasteiger partial charge in [-0.05, 0) is 66.7 Å². The molecule has 3 aromatic carbocycles. The molecule has 1 aliphatic rings. The molecule has 1 fully saturated rings. The molecule has 1 saturated heterocycles. The third kappa shape index (κ3) is 6.98. The lowest BCUT2D eigenvalue weighted by atomic mass is 10.1. The highest BCUT2D eigenvalue weighted by molar-refractivity contribution is 8.15. The van der Waals surface area contributed by atoms with Gasteiger partial charge in [-0.25, -0.2) is 14.1 Å². The molecule has 0 saturated carbocycles. The standard InChI is InChI=1S/C27H19F4N7O2S2/c1-16-2-11-21(28)22(12-16)38-23(39)14-42-26(38)34-25(41)35-33-13-17-3-5-18(6-4-17)24-32-15-37(36-24)19-7-9-20(10-8-19)40-27(29,30)31/h2-13,15H,14H2,1H3,(H,35,41)/b33-13+,34-26?. The van der Waals surface area contributed by atoms with Crippen LogP contribution >= 0.6 is 24.0 Å². The van der Waals surface area contributed by atoms with E-state index < -0.39 is 12.2 Å². The van der Waals surface area contributed by atoms with Gasteiger partial charge >= 0.3 is 6.36 Å². The number of aliphatic imine (C=N–C) groups is 1. The Hall–Kier alpha value is -4.63. The summed E-state index contributed by atoms with van der Waals surface area (Å²) >= 11 is 6.38. The number of carbonyl (C=O) groups is 1. The molecule has 42 heavy (non-hydrogen) atoms. The second-order valence-corrected chi connectivity index (χ2v) is 10.0. The number of nitrogens with zero attached hydrogens (tertiary/aromatic N) is 6. The van der Waals surface area contributed by atoms with E-state index in [0.717, 1.165) is 22.9 Å². The summed E-state index contributed by atoms with van der Waals surface area (Å²) < 4.78 is 56.8. The molecule has 5 rings (SSSR count). The zero-order chi connectivity index (χ0) is 29.9. The lowest BCUT2D eigenvalue weighted by Gasteiger charge is -2.17. The minimum atomic E-state index is -4.77. The maximum absolute atomic E-state index is 14.4. The number of nitrogens with one attached hydrogen (secondary N) is 1. The van der Waals surface area contributed by atoms with Crippen LogP contribution in [0.25, 0.3) is 17.1 Å². The molecule has 4 aromatic rings. The van der Waals surface area contributed by atoms with Gasteiger partial charge < -0.3 is 4.74 Å². The van der Waals surface area contributed by atoms with Gasteiger partial charge in [0.05, 0.1) is 23.3 Å². The lowest BCUT2D eigenvalue weighted by molar-refractivity contribution is -0.274. The van der Waals surface area contributed by atoms with E-state index in [1.165, 1.54) is 52.5 Å². The maximum atomic E-state index is 14.4. The fraction of sp³-hybridized carbons (Fsp3) is 0.111. The molecule has 0 radical (unpaired) electrons. The van der Waals surface area contributed by atoms with Gasteiger partial charge in [0.2, 0.25) is 11.0 Å². The fourth-order valence-corrected chi connectivity index (χ4v) is 4.85. The molecule has 1 aliphatic heterocycles. The number of carbonyl (C=O) groups excluding carboxylic acids is 1. The number of hydrogen-bond donors (Lipinski definition) is 1. The Morgan fingerprint density at radius 3 is 2.57 bits per heavy atom. The van der Waals surface area contributed by atoms with Crippen LogP contribution in [0, 0.1) is 12.7 Å². The molecular weight excluding hydrogens is 594 g/mol. The van der Waals surface area contributed by atoms with E-state index in [1.807, 2.05) is 0 Å². The van der Waals surface area contributed by atoms with Crippen molar-refractivity contribution >= 4 is 52.1 Å². The number of hydrogen-bond acceptors (Lipinski definition) is 7. The number of thiocarbonyl (C=S) groups is 1. The summed E-state index contributed by atoms with van der Waals surface area (Å²) in [7, 11) is 0. The number of amidine groups is 1. The van der Waals surface area contributed by atoms with Gasteiger partial charge in [-0.3, -0.25) is 15.1 Å². The number of anilines is 1. The van der Waals surface area contributed by atoms with Crippen LogP contribution in [-0.2, 0) is 4.79 Å². The molecule has 0 aliphatic carbocycles. The van der Waals surface area contributed by atoms with Crippen molar-refractivity contribution in [3.63, 3.8) is 0 Å². The zero-order valence-corrected chi connectivity index (χ0v) is 23.2. The smallest absolute Gasteiger partial charge is 0.406 e. The average molecular weight is 614 g/mol. The number of aromatic nitrogens is 3. The first kappa shape index (κ1) is 28.9. The Morgan fingerprint density at radius 1 is 1.12 bits per heavy atom. The quantitative estimate of drug-likeness (QED) is 0.130. The number of thioether (sulfide) groups is 1. The number of aryl methyl sites for hydroxylation is 1. The van der Waals surface area contributed by atoms with Crippen LogP contribution in [0.15, 0.2) is 83.2 Å². The van der Waals surface area contributed by atoms with E-state index in [4.69, 9.17) is 12.2 Å². The fourth-order valence-electron chi connectivity index (χ4n) is 3.79. The molecule has 1 amide bonds. The van der Waals surface area contributed by atoms with Gasteiger partial charge in [0.25, 0.3) is 0 Å². The Kier molecular flexibility index (Phi) is 8.31. The molecule has 0 unspecified atom stereocenters. The first-order valence-corrected chi connectivity index (χ1v) is 13.5. The summed E-state index contributed by atoms with van der Waals surface area (Å²) in [5.41, 5.74) is 5.45. The second-order valence-electron chi connectivity index (χ2n) is 8.72. The van der Waals surface area contributed by atoms with Crippen LogP contribution in [0.3, 0.4) is 0 Å². The van der Waals surface area contributed by atoms with Gasteiger partial charge in [0.1, 0.15) is 17.9 Å². The highest BCUT2D eigenvalue weighted by atomic mass is 32.2. The van der Waals surface area contributed by atoms with Gasteiger partial charge in [-0.15, -0.1) is 18.3 Å². The highest BCUT2D eigenvalue weighted by Gasteiger charge is 2.32. The number of benzene rings is 3. The molecular formula is C27H19F4N7O2S2. The molecule has 0 atom stereocenters. The monoisotopic (exact) mass is 613 g/mol. The minimum absolute atomic E-state index is 0.00845. The Balaban J connectivity index is 1.20. The van der Waals surface area contributed by atoms with Crippen LogP contribution in [0.2, 0.25) is 0 Å². The van der Waals surface area contributed by atoms with Crippen molar-refractivity contribution in [2.24, 2.45) is 10.1 Å². The summed E-state index contributed by atoms with van der Waals surface area (Å²) in [5.74, 6) is -0.663. The van der Waals surface area contributed by atoms with Gasteiger partial charge in [-0.1, -0.05) is 42.1 Å². The molecule has 15 heteroatoms. The number of alkyl halides is 3. The topological polar surface area (TPSA) is 97.0 Å². The van der Waals surface area contributed by atoms with Crippen molar-refractivity contribution in [1.82, 2.24) is 20.2 Å². The predicted octanol–water partition coefficient (Wildman–Crippen LogP) is 5.62. The summed E-state index contributed by atoms with van der Waals surface area (Å²) in [6.45, 7) is 1.80.